The Balaban J connectivity index is 2.52. The molecule has 0 aliphatic rings. The van der Waals surface area contributed by atoms with Crippen LogP contribution in [0.2, 0.25) is 0 Å². The van der Waals surface area contributed by atoms with Gasteiger partial charge in [-0.15, -0.1) is 6.42 Å². The molecule has 2 N–H and O–H groups in total. The van der Waals surface area contributed by atoms with Crippen molar-refractivity contribution in [3.8, 4) is 18.1 Å². The quantitative estimate of drug-likeness (QED) is 0.501. The molecule has 0 bridgehead atoms. The number of ether oxygens (including phenoxy) is 1. The first kappa shape index (κ1) is 16.7. The maximum atomic E-state index is 13.9. The van der Waals surface area contributed by atoms with E-state index in [2.05, 4.69) is 10.4 Å². The van der Waals surface area contributed by atoms with Gasteiger partial charge in [-0.25, -0.2) is 4.39 Å². The lowest BCUT2D eigenvalue weighted by molar-refractivity contribution is 0.105. The van der Waals surface area contributed by atoms with E-state index in [0.717, 1.165) is 10.9 Å². The van der Waals surface area contributed by atoms with Crippen LogP contribution in [0.3, 0.4) is 0 Å². The van der Waals surface area contributed by atoms with Crippen molar-refractivity contribution in [3.05, 3.63) is 41.2 Å². The minimum absolute atomic E-state index is 0.105. The van der Waals surface area contributed by atoms with Gasteiger partial charge in [0.2, 0.25) is 0 Å². The van der Waals surface area contributed by atoms with E-state index in [0.29, 0.717) is 11.1 Å². The molecular weight excluding hydrogens is 306 g/mol. The van der Waals surface area contributed by atoms with Crippen molar-refractivity contribution in [2.24, 2.45) is 0 Å². The zero-order valence-electron chi connectivity index (χ0n) is 12.2. The molecule has 0 amide bonds. The summed E-state index contributed by atoms with van der Waals surface area (Å²) in [5.41, 5.74) is 1.09. The Morgan fingerprint density at radius 3 is 2.64 bits per heavy atom. The SMILES string of the molecule is C#Cc1c(F)ccc2cc(OCOP(O)O)cc(C(C)C)c12. The van der Waals surface area contributed by atoms with Crippen LogP contribution in [0.5, 0.6) is 5.75 Å². The number of hydrogen-bond donors (Lipinski definition) is 2. The zero-order valence-corrected chi connectivity index (χ0v) is 13.1. The molecule has 2 rings (SSSR count). The predicted molar refractivity (Wildman–Crippen MR) is 83.9 cm³/mol. The molecule has 22 heavy (non-hydrogen) atoms. The second kappa shape index (κ2) is 7.04. The van der Waals surface area contributed by atoms with E-state index < -0.39 is 14.4 Å². The van der Waals surface area contributed by atoms with Crippen LogP contribution in [0.25, 0.3) is 10.8 Å². The average Bonchev–Trinajstić information content (AvgIpc) is 2.46. The number of halogens is 1. The second-order valence-electron chi connectivity index (χ2n) is 4.98. The molecule has 0 unspecified atom stereocenters. The summed E-state index contributed by atoms with van der Waals surface area (Å²) in [6.45, 7) is 3.66. The van der Waals surface area contributed by atoms with Gasteiger partial charge in [0.05, 0.1) is 5.56 Å². The Morgan fingerprint density at radius 1 is 1.32 bits per heavy atom. The molecule has 0 fully saturated rings. The molecule has 0 aliphatic heterocycles. The van der Waals surface area contributed by atoms with Crippen molar-refractivity contribution in [3.63, 3.8) is 0 Å². The van der Waals surface area contributed by atoms with Gasteiger partial charge >= 0.3 is 8.60 Å². The van der Waals surface area contributed by atoms with Gasteiger partial charge in [-0.1, -0.05) is 25.8 Å². The van der Waals surface area contributed by atoms with Crippen molar-refractivity contribution in [2.75, 3.05) is 6.79 Å². The first-order valence-electron chi connectivity index (χ1n) is 6.60. The van der Waals surface area contributed by atoms with Crippen LogP contribution in [0.4, 0.5) is 4.39 Å². The molecule has 4 nitrogen and oxygen atoms in total. The fourth-order valence-electron chi connectivity index (χ4n) is 2.27. The van der Waals surface area contributed by atoms with Gasteiger partial charge in [0.1, 0.15) is 11.6 Å². The maximum absolute atomic E-state index is 13.9. The lowest BCUT2D eigenvalue weighted by Crippen LogP contribution is -2.01. The van der Waals surface area contributed by atoms with E-state index in [1.54, 1.807) is 18.2 Å². The first-order chi connectivity index (χ1) is 10.4. The second-order valence-corrected chi connectivity index (χ2v) is 5.74. The van der Waals surface area contributed by atoms with E-state index in [1.165, 1.54) is 6.07 Å². The summed E-state index contributed by atoms with van der Waals surface area (Å²) in [5, 5.41) is 1.45. The van der Waals surface area contributed by atoms with E-state index in [4.69, 9.17) is 20.9 Å². The first-order valence-corrected chi connectivity index (χ1v) is 7.77. The highest BCUT2D eigenvalue weighted by Crippen LogP contribution is 2.34. The van der Waals surface area contributed by atoms with Gasteiger partial charge in [-0.3, -0.25) is 4.52 Å². The lowest BCUT2D eigenvalue weighted by atomic mass is 9.92. The third-order valence-electron chi connectivity index (χ3n) is 3.23. The van der Waals surface area contributed by atoms with Crippen LogP contribution in [0.1, 0.15) is 30.9 Å². The maximum Gasteiger partial charge on any atom is 0.330 e. The third kappa shape index (κ3) is 3.55. The fraction of sp³-hybridized carbons (Fsp3) is 0.250. The molecular formula is C16H16FO4P. The van der Waals surface area contributed by atoms with E-state index in [-0.39, 0.29) is 18.3 Å². The monoisotopic (exact) mass is 322 g/mol. The van der Waals surface area contributed by atoms with E-state index in [1.807, 2.05) is 13.8 Å². The highest BCUT2D eigenvalue weighted by Gasteiger charge is 2.14. The van der Waals surface area contributed by atoms with Gasteiger partial charge in [-0.2, -0.15) is 0 Å². The Hall–Kier alpha value is -1.70. The summed E-state index contributed by atoms with van der Waals surface area (Å²) < 4.78 is 23.8. The van der Waals surface area contributed by atoms with Crippen LogP contribution in [-0.2, 0) is 4.52 Å². The highest BCUT2D eigenvalue weighted by atomic mass is 31.2. The molecule has 0 aromatic heterocycles. The zero-order chi connectivity index (χ0) is 16.3. The number of benzene rings is 2. The number of terminal acetylenes is 1. The molecule has 2 aromatic rings. The van der Waals surface area contributed by atoms with E-state index in [9.17, 15) is 4.39 Å². The van der Waals surface area contributed by atoms with Crippen LogP contribution in [-0.4, -0.2) is 16.6 Å². The molecule has 0 spiro atoms. The molecule has 0 heterocycles. The van der Waals surface area contributed by atoms with Gasteiger partial charge in [0, 0.05) is 5.39 Å². The minimum Gasteiger partial charge on any atom is -0.467 e. The standard InChI is InChI=1S/C16H16FO4P/c1-4-13-15(17)6-5-11-7-12(20-9-21-22(18)19)8-14(10(2)3)16(11)13/h1,5-8,10,18-19H,9H2,2-3H3. The van der Waals surface area contributed by atoms with Crippen LogP contribution < -0.4 is 4.74 Å². The summed E-state index contributed by atoms with van der Waals surface area (Å²) >= 11 is 0. The topological polar surface area (TPSA) is 58.9 Å². The third-order valence-corrected chi connectivity index (χ3v) is 3.57. The average molecular weight is 322 g/mol. The molecule has 116 valence electrons. The Kier molecular flexibility index (Phi) is 5.33. The predicted octanol–water partition coefficient (Wildman–Crippen LogP) is 3.65. The normalized spacial score (nSPS) is 11.2. The van der Waals surface area contributed by atoms with Gasteiger partial charge in [0.15, 0.2) is 6.79 Å². The Labute approximate surface area is 129 Å². The number of rotatable bonds is 5. The Morgan fingerprint density at radius 2 is 2.05 bits per heavy atom. The van der Waals surface area contributed by atoms with Crippen molar-refractivity contribution < 1.29 is 23.4 Å². The van der Waals surface area contributed by atoms with Crippen molar-refractivity contribution in [2.45, 2.75) is 19.8 Å². The lowest BCUT2D eigenvalue weighted by Gasteiger charge is -2.15. The summed E-state index contributed by atoms with van der Waals surface area (Å²) in [6, 6.07) is 6.42. The van der Waals surface area contributed by atoms with Crippen LogP contribution >= 0.6 is 8.60 Å². The number of hydrogen-bond acceptors (Lipinski definition) is 4. The van der Waals surface area contributed by atoms with Crippen molar-refractivity contribution in [1.29, 1.82) is 0 Å². The fourth-order valence-corrected chi connectivity index (χ4v) is 2.41. The minimum atomic E-state index is -2.46. The summed E-state index contributed by atoms with van der Waals surface area (Å²) in [7, 11) is -2.46. The van der Waals surface area contributed by atoms with Crippen molar-refractivity contribution in [1.82, 2.24) is 0 Å². The molecule has 6 heteroatoms. The highest BCUT2D eigenvalue weighted by molar-refractivity contribution is 7.39. The summed E-state index contributed by atoms with van der Waals surface area (Å²) in [5.74, 6) is 2.57. The molecule has 0 saturated heterocycles. The van der Waals surface area contributed by atoms with Crippen LogP contribution in [0, 0.1) is 18.2 Å². The summed E-state index contributed by atoms with van der Waals surface area (Å²) in [6.07, 6.45) is 5.44. The molecule has 0 radical (unpaired) electrons. The molecule has 0 aliphatic carbocycles. The van der Waals surface area contributed by atoms with Crippen molar-refractivity contribution >= 4 is 19.4 Å². The molecule has 0 atom stereocenters. The molecule has 2 aromatic carbocycles. The van der Waals surface area contributed by atoms with Gasteiger partial charge in [-0.05, 0) is 35.1 Å². The Bertz CT molecular complexity index is 722. The smallest absolute Gasteiger partial charge is 0.330 e. The largest absolute Gasteiger partial charge is 0.467 e. The number of fused-ring (bicyclic) bond motifs is 1. The van der Waals surface area contributed by atoms with Crippen LogP contribution in [0.15, 0.2) is 24.3 Å². The van der Waals surface area contributed by atoms with Gasteiger partial charge in [0.25, 0.3) is 0 Å². The van der Waals surface area contributed by atoms with E-state index >= 15 is 0 Å². The van der Waals surface area contributed by atoms with Gasteiger partial charge < -0.3 is 14.5 Å². The molecule has 0 saturated carbocycles. The summed E-state index contributed by atoms with van der Waals surface area (Å²) in [4.78, 5) is 17.4.